The number of aromatic hydroxyl groups is 1. The fourth-order valence-corrected chi connectivity index (χ4v) is 2.32. The van der Waals surface area contributed by atoms with Crippen LogP contribution >= 0.6 is 0 Å². The van der Waals surface area contributed by atoms with Gasteiger partial charge < -0.3 is 14.6 Å². The molecule has 29 heavy (non-hydrogen) atoms. The highest BCUT2D eigenvalue weighted by atomic mass is 19.1. The van der Waals surface area contributed by atoms with E-state index >= 15 is 0 Å². The Morgan fingerprint density at radius 2 is 1.55 bits per heavy atom. The van der Waals surface area contributed by atoms with Gasteiger partial charge in [-0.15, -0.1) is 0 Å². The normalized spacial score (nSPS) is 10.1. The number of phenols is 1. The van der Waals surface area contributed by atoms with Crippen molar-refractivity contribution in [1.29, 1.82) is 10.8 Å². The van der Waals surface area contributed by atoms with Gasteiger partial charge in [-0.05, 0) is 60.7 Å². The van der Waals surface area contributed by atoms with Crippen LogP contribution in [-0.4, -0.2) is 22.9 Å². The van der Waals surface area contributed by atoms with Gasteiger partial charge in [0.25, 0.3) is 11.9 Å². The second-order valence-electron chi connectivity index (χ2n) is 5.85. The average molecular weight is 393 g/mol. The molecule has 0 aliphatic carbocycles. The highest BCUT2D eigenvalue weighted by Gasteiger charge is 2.12. The Hall–Kier alpha value is -4.20. The van der Waals surface area contributed by atoms with Gasteiger partial charge in [-0.3, -0.25) is 20.9 Å². The highest BCUT2D eigenvalue weighted by Crippen LogP contribution is 2.24. The van der Waals surface area contributed by atoms with E-state index in [2.05, 4.69) is 5.32 Å². The number of carbonyl (C=O) groups is 1. The van der Waals surface area contributed by atoms with E-state index in [1.54, 1.807) is 24.3 Å². The summed E-state index contributed by atoms with van der Waals surface area (Å²) in [4.78, 5) is 12.2. The molecule has 0 atom stereocenters. The van der Waals surface area contributed by atoms with Gasteiger partial charge in [-0.2, -0.15) is 0 Å². The Morgan fingerprint density at radius 1 is 0.897 bits per heavy atom. The molecule has 0 saturated carbocycles. The molecule has 8 heteroatoms. The van der Waals surface area contributed by atoms with Gasteiger partial charge in [0.1, 0.15) is 23.1 Å². The summed E-state index contributed by atoms with van der Waals surface area (Å²) in [6.07, 6.45) is 0. The van der Waals surface area contributed by atoms with Crippen LogP contribution in [0, 0.1) is 16.6 Å². The van der Waals surface area contributed by atoms with E-state index in [0.717, 1.165) is 12.1 Å². The lowest BCUT2D eigenvalue weighted by Crippen LogP contribution is -2.33. The standard InChI is InChI=1S/C21H16FN3O4/c22-15-8-4-13(5-9-15)19(23)29-21(24)25-20(27)14-6-10-17(11-7-14)28-18-3-1-2-16(26)12-18/h1-12,23,26H,(H2,24,25,27). The Labute approximate surface area is 165 Å². The van der Waals surface area contributed by atoms with E-state index in [4.69, 9.17) is 20.3 Å². The number of rotatable bonds is 4. The largest absolute Gasteiger partial charge is 0.508 e. The quantitative estimate of drug-likeness (QED) is 0.396. The highest BCUT2D eigenvalue weighted by molar-refractivity contribution is 6.07. The lowest BCUT2D eigenvalue weighted by molar-refractivity contribution is 0.0971. The van der Waals surface area contributed by atoms with Crippen molar-refractivity contribution in [3.63, 3.8) is 0 Å². The van der Waals surface area contributed by atoms with Gasteiger partial charge in [0.15, 0.2) is 0 Å². The molecule has 1 amide bonds. The van der Waals surface area contributed by atoms with Gasteiger partial charge in [-0.1, -0.05) is 6.07 Å². The van der Waals surface area contributed by atoms with Crippen LogP contribution < -0.4 is 10.1 Å². The molecular formula is C21H16FN3O4. The van der Waals surface area contributed by atoms with E-state index in [-0.39, 0.29) is 16.9 Å². The number of ether oxygens (including phenoxy) is 2. The molecule has 7 nitrogen and oxygen atoms in total. The van der Waals surface area contributed by atoms with E-state index < -0.39 is 23.6 Å². The summed E-state index contributed by atoms with van der Waals surface area (Å²) in [7, 11) is 0. The summed E-state index contributed by atoms with van der Waals surface area (Å²) in [5.41, 5.74) is 0.508. The number of phenolic OH excluding ortho intramolecular Hbond substituents is 1. The van der Waals surface area contributed by atoms with Gasteiger partial charge in [0.2, 0.25) is 5.90 Å². The van der Waals surface area contributed by atoms with Crippen LogP contribution in [0.5, 0.6) is 17.2 Å². The van der Waals surface area contributed by atoms with Crippen LogP contribution in [0.2, 0.25) is 0 Å². The minimum atomic E-state index is -0.635. The zero-order chi connectivity index (χ0) is 20.8. The fraction of sp³-hybridized carbons (Fsp3) is 0. The molecule has 0 aliphatic rings. The van der Waals surface area contributed by atoms with Crippen LogP contribution in [0.3, 0.4) is 0 Å². The van der Waals surface area contributed by atoms with Crippen molar-refractivity contribution in [3.05, 3.63) is 89.7 Å². The van der Waals surface area contributed by atoms with E-state index in [1.165, 1.54) is 36.4 Å². The number of carbonyl (C=O) groups excluding carboxylic acids is 1. The first-order chi connectivity index (χ1) is 13.9. The van der Waals surface area contributed by atoms with Crippen molar-refractivity contribution in [2.45, 2.75) is 0 Å². The van der Waals surface area contributed by atoms with Crippen molar-refractivity contribution >= 4 is 17.8 Å². The molecule has 0 bridgehead atoms. The lowest BCUT2D eigenvalue weighted by Gasteiger charge is -2.10. The molecule has 0 heterocycles. The maximum atomic E-state index is 12.9. The number of amidine groups is 1. The average Bonchev–Trinajstić information content (AvgIpc) is 2.69. The summed E-state index contributed by atoms with van der Waals surface area (Å²) in [5, 5.41) is 27.1. The second-order valence-corrected chi connectivity index (χ2v) is 5.85. The van der Waals surface area contributed by atoms with Crippen molar-refractivity contribution in [2.75, 3.05) is 0 Å². The topological polar surface area (TPSA) is 115 Å². The van der Waals surface area contributed by atoms with Gasteiger partial charge in [-0.25, -0.2) is 4.39 Å². The Morgan fingerprint density at radius 3 is 2.21 bits per heavy atom. The molecule has 0 fully saturated rings. The van der Waals surface area contributed by atoms with Crippen molar-refractivity contribution in [3.8, 4) is 17.2 Å². The number of hydrogen-bond acceptors (Lipinski definition) is 6. The third-order valence-corrected chi connectivity index (χ3v) is 3.71. The molecule has 146 valence electrons. The molecule has 0 aliphatic heterocycles. The van der Waals surface area contributed by atoms with Crippen LogP contribution in [0.1, 0.15) is 15.9 Å². The predicted octanol–water partition coefficient (Wildman–Crippen LogP) is 4.03. The molecule has 0 aromatic heterocycles. The fourth-order valence-electron chi connectivity index (χ4n) is 2.32. The number of hydrogen-bond donors (Lipinski definition) is 4. The number of nitrogens with one attached hydrogen (secondary N) is 3. The summed E-state index contributed by atoms with van der Waals surface area (Å²) in [6.45, 7) is 0. The van der Waals surface area contributed by atoms with E-state index in [1.807, 2.05) is 0 Å². The third kappa shape index (κ3) is 5.39. The van der Waals surface area contributed by atoms with Crippen LogP contribution in [0.25, 0.3) is 0 Å². The smallest absolute Gasteiger partial charge is 0.295 e. The first kappa shape index (κ1) is 19.6. The summed E-state index contributed by atoms with van der Waals surface area (Å²) in [6, 6.07) is 16.7. The molecule has 3 rings (SSSR count). The minimum Gasteiger partial charge on any atom is -0.508 e. The van der Waals surface area contributed by atoms with Crippen molar-refractivity contribution in [2.24, 2.45) is 0 Å². The van der Waals surface area contributed by atoms with Crippen molar-refractivity contribution in [1.82, 2.24) is 5.32 Å². The van der Waals surface area contributed by atoms with E-state index in [0.29, 0.717) is 11.5 Å². The molecule has 3 aromatic rings. The van der Waals surface area contributed by atoms with Gasteiger partial charge >= 0.3 is 0 Å². The summed E-state index contributed by atoms with van der Waals surface area (Å²) in [5.74, 6) is -0.492. The number of amides is 1. The van der Waals surface area contributed by atoms with E-state index in [9.17, 15) is 14.3 Å². The summed E-state index contributed by atoms with van der Waals surface area (Å²) < 4.78 is 23.4. The zero-order valence-corrected chi connectivity index (χ0v) is 15.0. The molecule has 0 saturated heterocycles. The van der Waals surface area contributed by atoms with Crippen molar-refractivity contribution < 1.29 is 23.8 Å². The number of halogens is 1. The summed E-state index contributed by atoms with van der Waals surface area (Å²) >= 11 is 0. The van der Waals surface area contributed by atoms with Crippen LogP contribution in [0.15, 0.2) is 72.8 Å². The zero-order valence-electron chi connectivity index (χ0n) is 15.0. The third-order valence-electron chi connectivity index (χ3n) is 3.71. The maximum absolute atomic E-state index is 12.9. The van der Waals surface area contributed by atoms with Crippen LogP contribution in [-0.2, 0) is 4.74 Å². The molecule has 0 radical (unpaired) electrons. The minimum absolute atomic E-state index is 0.0724. The Balaban J connectivity index is 1.56. The number of benzene rings is 3. The second kappa shape index (κ2) is 8.66. The molecular weight excluding hydrogens is 377 g/mol. The van der Waals surface area contributed by atoms with Gasteiger partial charge in [0, 0.05) is 17.2 Å². The SMILES string of the molecule is N=C(NC(=O)c1ccc(Oc2cccc(O)c2)cc1)OC(=N)c1ccc(F)cc1. The maximum Gasteiger partial charge on any atom is 0.295 e. The molecule has 0 unspecified atom stereocenters. The van der Waals surface area contributed by atoms with Crippen LogP contribution in [0.4, 0.5) is 4.39 Å². The molecule has 3 aromatic carbocycles. The van der Waals surface area contributed by atoms with Gasteiger partial charge in [0.05, 0.1) is 0 Å². The Kier molecular flexibility index (Phi) is 5.84. The lowest BCUT2D eigenvalue weighted by atomic mass is 10.2. The monoisotopic (exact) mass is 393 g/mol. The Bertz CT molecular complexity index is 1050. The first-order valence-electron chi connectivity index (χ1n) is 8.40. The molecule has 4 N–H and O–H groups in total. The first-order valence-corrected chi connectivity index (χ1v) is 8.40. The molecule has 0 spiro atoms. The predicted molar refractivity (Wildman–Crippen MR) is 104 cm³/mol.